The lowest BCUT2D eigenvalue weighted by Gasteiger charge is -2.12. The molecule has 7 heteroatoms. The van der Waals surface area contributed by atoms with E-state index in [0.717, 1.165) is 6.42 Å². The van der Waals surface area contributed by atoms with Gasteiger partial charge in [-0.2, -0.15) is 0 Å². The van der Waals surface area contributed by atoms with Gasteiger partial charge in [0.25, 0.3) is 0 Å². The highest BCUT2D eigenvalue weighted by molar-refractivity contribution is 6.33. The number of ether oxygens (including phenoxy) is 1. The standard InChI is InChI=1S/C19H18ClNO5/c1-3-24-19(23)17-11(2)16-14(9-6-10-15(16)25-17)21-26-18(22)12-7-4-5-8-13(12)20/h4-5,7-8H,3,6,9-10H2,1-2H3/b21-14-. The van der Waals surface area contributed by atoms with Gasteiger partial charge in [0.1, 0.15) is 5.76 Å². The van der Waals surface area contributed by atoms with E-state index in [-0.39, 0.29) is 17.9 Å². The van der Waals surface area contributed by atoms with E-state index in [4.69, 9.17) is 25.6 Å². The quantitative estimate of drug-likeness (QED) is 0.452. The molecule has 1 aromatic carbocycles. The molecule has 1 aliphatic rings. The molecule has 0 spiro atoms. The normalized spacial score (nSPS) is 14.8. The van der Waals surface area contributed by atoms with Gasteiger partial charge in [0.15, 0.2) is 0 Å². The van der Waals surface area contributed by atoms with Crippen molar-refractivity contribution in [1.82, 2.24) is 0 Å². The maximum absolute atomic E-state index is 12.2. The number of hydrogen-bond donors (Lipinski definition) is 0. The number of esters is 1. The zero-order valence-corrected chi connectivity index (χ0v) is 15.3. The SMILES string of the molecule is CCOC(=O)c1oc2c(c1C)/C(=N\OC(=O)c1ccccc1Cl)CCC2. The van der Waals surface area contributed by atoms with Crippen molar-refractivity contribution in [3.63, 3.8) is 0 Å². The second-order valence-electron chi connectivity index (χ2n) is 5.82. The lowest BCUT2D eigenvalue weighted by molar-refractivity contribution is 0.0485. The smallest absolute Gasteiger partial charge is 0.374 e. The monoisotopic (exact) mass is 375 g/mol. The predicted octanol–water partition coefficient (Wildman–Crippen LogP) is 4.32. The first kappa shape index (κ1) is 18.2. The molecule has 0 amide bonds. The lowest BCUT2D eigenvalue weighted by Crippen LogP contribution is -2.13. The van der Waals surface area contributed by atoms with E-state index in [2.05, 4.69) is 5.16 Å². The van der Waals surface area contributed by atoms with Crippen molar-refractivity contribution in [2.75, 3.05) is 6.61 Å². The zero-order chi connectivity index (χ0) is 18.7. The molecule has 1 heterocycles. The summed E-state index contributed by atoms with van der Waals surface area (Å²) in [5, 5.41) is 4.32. The third-order valence-corrected chi connectivity index (χ3v) is 4.45. The molecule has 1 aromatic heterocycles. The van der Waals surface area contributed by atoms with Gasteiger partial charge in [-0.1, -0.05) is 28.9 Å². The van der Waals surface area contributed by atoms with Crippen LogP contribution in [0.15, 0.2) is 33.8 Å². The maximum Gasteiger partial charge on any atom is 0.374 e. The van der Waals surface area contributed by atoms with Gasteiger partial charge in [-0.25, -0.2) is 9.59 Å². The highest BCUT2D eigenvalue weighted by Gasteiger charge is 2.29. The van der Waals surface area contributed by atoms with E-state index in [1.807, 2.05) is 0 Å². The van der Waals surface area contributed by atoms with Crippen LogP contribution in [0.1, 0.15) is 57.6 Å². The van der Waals surface area contributed by atoms with Crippen molar-refractivity contribution in [3.05, 3.63) is 57.5 Å². The third kappa shape index (κ3) is 3.51. The van der Waals surface area contributed by atoms with Crippen molar-refractivity contribution in [3.8, 4) is 0 Å². The van der Waals surface area contributed by atoms with Gasteiger partial charge in [-0.05, 0) is 38.8 Å². The maximum atomic E-state index is 12.2. The molecule has 0 bridgehead atoms. The van der Waals surface area contributed by atoms with Gasteiger partial charge in [0.05, 0.1) is 22.9 Å². The number of hydrogen-bond acceptors (Lipinski definition) is 6. The lowest BCUT2D eigenvalue weighted by atomic mass is 9.93. The number of benzene rings is 1. The van der Waals surface area contributed by atoms with Gasteiger partial charge < -0.3 is 14.0 Å². The summed E-state index contributed by atoms with van der Waals surface area (Å²) in [5.74, 6) is -0.318. The summed E-state index contributed by atoms with van der Waals surface area (Å²) in [5.41, 5.74) is 2.17. The van der Waals surface area contributed by atoms with Crippen LogP contribution < -0.4 is 0 Å². The molecule has 0 saturated heterocycles. The molecule has 136 valence electrons. The summed E-state index contributed by atoms with van der Waals surface area (Å²) in [6, 6.07) is 6.60. The van der Waals surface area contributed by atoms with Crippen LogP contribution in [0.4, 0.5) is 0 Å². The van der Waals surface area contributed by atoms with Crippen LogP contribution in [-0.4, -0.2) is 24.3 Å². The van der Waals surface area contributed by atoms with E-state index >= 15 is 0 Å². The molecular formula is C19H18ClNO5. The largest absolute Gasteiger partial charge is 0.460 e. The minimum atomic E-state index is -0.637. The molecule has 0 unspecified atom stereocenters. The topological polar surface area (TPSA) is 78.1 Å². The number of carbonyl (C=O) groups is 2. The van der Waals surface area contributed by atoms with Gasteiger partial charge >= 0.3 is 11.9 Å². The summed E-state index contributed by atoms with van der Waals surface area (Å²) in [4.78, 5) is 29.3. The number of halogens is 1. The molecule has 0 N–H and O–H groups in total. The van der Waals surface area contributed by atoms with Crippen LogP contribution in [0, 0.1) is 6.92 Å². The van der Waals surface area contributed by atoms with Gasteiger partial charge in [0, 0.05) is 17.5 Å². The number of fused-ring (bicyclic) bond motifs is 1. The molecule has 0 aliphatic heterocycles. The Morgan fingerprint density at radius 3 is 2.73 bits per heavy atom. The Labute approximate surface area is 155 Å². The molecule has 6 nitrogen and oxygen atoms in total. The number of carbonyl (C=O) groups excluding carboxylic acids is 2. The van der Waals surface area contributed by atoms with Gasteiger partial charge in [-0.15, -0.1) is 0 Å². The van der Waals surface area contributed by atoms with Crippen molar-refractivity contribution in [2.45, 2.75) is 33.1 Å². The Hall–Kier alpha value is -2.60. The Morgan fingerprint density at radius 2 is 2.00 bits per heavy atom. The first-order valence-electron chi connectivity index (χ1n) is 8.35. The summed E-state index contributed by atoms with van der Waals surface area (Å²) in [6.45, 7) is 3.77. The van der Waals surface area contributed by atoms with Crippen molar-refractivity contribution in [2.24, 2.45) is 5.16 Å². The van der Waals surface area contributed by atoms with Crippen molar-refractivity contribution >= 4 is 29.3 Å². The van der Waals surface area contributed by atoms with Crippen LogP contribution in [0.3, 0.4) is 0 Å². The second kappa shape index (κ2) is 7.74. The minimum Gasteiger partial charge on any atom is -0.460 e. The van der Waals surface area contributed by atoms with Crippen molar-refractivity contribution < 1.29 is 23.6 Å². The van der Waals surface area contributed by atoms with Crippen LogP contribution in [-0.2, 0) is 16.0 Å². The van der Waals surface area contributed by atoms with Gasteiger partial charge in [-0.3, -0.25) is 0 Å². The number of rotatable bonds is 4. The van der Waals surface area contributed by atoms with E-state index in [1.54, 1.807) is 38.1 Å². The van der Waals surface area contributed by atoms with E-state index < -0.39 is 11.9 Å². The van der Waals surface area contributed by atoms with Gasteiger partial charge in [0.2, 0.25) is 5.76 Å². The van der Waals surface area contributed by atoms with Crippen LogP contribution in [0.5, 0.6) is 0 Å². The molecule has 0 atom stereocenters. The fourth-order valence-electron chi connectivity index (χ4n) is 2.92. The number of oxime groups is 1. The Kier molecular flexibility index (Phi) is 5.42. The minimum absolute atomic E-state index is 0.170. The zero-order valence-electron chi connectivity index (χ0n) is 14.5. The van der Waals surface area contributed by atoms with Crippen LogP contribution in [0.25, 0.3) is 0 Å². The van der Waals surface area contributed by atoms with Crippen LogP contribution in [0.2, 0.25) is 5.02 Å². The number of nitrogens with zero attached hydrogens (tertiary/aromatic N) is 1. The molecule has 0 radical (unpaired) electrons. The highest BCUT2D eigenvalue weighted by Crippen LogP contribution is 2.30. The molecular weight excluding hydrogens is 358 g/mol. The number of aryl methyl sites for hydroxylation is 1. The van der Waals surface area contributed by atoms with Crippen molar-refractivity contribution in [1.29, 1.82) is 0 Å². The predicted molar refractivity (Wildman–Crippen MR) is 95.7 cm³/mol. The fourth-order valence-corrected chi connectivity index (χ4v) is 3.14. The second-order valence-corrected chi connectivity index (χ2v) is 6.23. The summed E-state index contributed by atoms with van der Waals surface area (Å²) < 4.78 is 10.7. The molecule has 3 rings (SSSR count). The fraction of sp³-hybridized carbons (Fsp3) is 0.316. The van der Waals surface area contributed by atoms with E-state index in [0.29, 0.717) is 40.5 Å². The van der Waals surface area contributed by atoms with E-state index in [9.17, 15) is 9.59 Å². The Morgan fingerprint density at radius 1 is 1.23 bits per heavy atom. The average Bonchev–Trinajstić information content (AvgIpc) is 2.98. The Balaban J connectivity index is 1.87. The van der Waals surface area contributed by atoms with E-state index in [1.165, 1.54) is 0 Å². The summed E-state index contributed by atoms with van der Waals surface area (Å²) in [7, 11) is 0. The average molecular weight is 376 g/mol. The summed E-state index contributed by atoms with van der Waals surface area (Å²) in [6.07, 6.45) is 2.09. The summed E-state index contributed by atoms with van der Waals surface area (Å²) >= 11 is 6.00. The molecule has 0 fully saturated rings. The molecule has 26 heavy (non-hydrogen) atoms. The third-order valence-electron chi connectivity index (χ3n) is 4.12. The highest BCUT2D eigenvalue weighted by atomic mass is 35.5. The Bertz CT molecular complexity index is 884. The molecule has 1 aliphatic carbocycles. The first-order chi connectivity index (χ1) is 12.5. The number of furan rings is 1. The molecule has 2 aromatic rings. The molecule has 0 saturated carbocycles. The first-order valence-corrected chi connectivity index (χ1v) is 8.73. The van der Waals surface area contributed by atoms with Crippen LogP contribution >= 0.6 is 11.6 Å².